The number of rotatable bonds is 7. The molecular formula is C19H19Cl2N5S. The van der Waals surface area contributed by atoms with Crippen molar-refractivity contribution in [2.75, 3.05) is 0 Å². The molecule has 8 heteroatoms. The summed E-state index contributed by atoms with van der Waals surface area (Å²) < 4.78 is 2.11. The summed E-state index contributed by atoms with van der Waals surface area (Å²) in [5, 5.41) is 5.76. The van der Waals surface area contributed by atoms with Gasteiger partial charge < -0.3 is 4.57 Å². The van der Waals surface area contributed by atoms with Gasteiger partial charge in [0.05, 0.1) is 5.69 Å². The summed E-state index contributed by atoms with van der Waals surface area (Å²) >= 11 is 13.9. The van der Waals surface area contributed by atoms with E-state index in [1.54, 1.807) is 30.2 Å². The Kier molecular flexibility index (Phi) is 6.52. The molecule has 1 aromatic carbocycles. The van der Waals surface area contributed by atoms with Crippen molar-refractivity contribution in [3.05, 3.63) is 69.9 Å². The predicted octanol–water partition coefficient (Wildman–Crippen LogP) is 6.44. The largest absolute Gasteiger partial charge is 0.317 e. The Morgan fingerprint density at radius 2 is 1.81 bits per heavy atom. The van der Waals surface area contributed by atoms with Gasteiger partial charge in [0.1, 0.15) is 17.4 Å². The maximum atomic E-state index is 7.30. The van der Waals surface area contributed by atoms with Gasteiger partial charge in [-0.25, -0.2) is 10.5 Å². The van der Waals surface area contributed by atoms with Crippen molar-refractivity contribution in [3.63, 3.8) is 0 Å². The van der Waals surface area contributed by atoms with E-state index in [1.807, 2.05) is 24.3 Å². The molecule has 1 N–H and O–H groups in total. The van der Waals surface area contributed by atoms with Crippen LogP contribution in [0, 0.1) is 5.53 Å². The minimum atomic E-state index is 0.227. The lowest BCUT2D eigenvalue weighted by molar-refractivity contribution is 0.658. The highest BCUT2D eigenvalue weighted by atomic mass is 35.5. The molecule has 0 bridgehead atoms. The minimum Gasteiger partial charge on any atom is -0.317 e. The number of imidazole rings is 1. The molecule has 0 fully saturated rings. The number of benzene rings is 1. The highest BCUT2D eigenvalue weighted by Gasteiger charge is 2.21. The highest BCUT2D eigenvalue weighted by Crippen LogP contribution is 2.37. The van der Waals surface area contributed by atoms with Crippen molar-refractivity contribution in [3.8, 4) is 0 Å². The fourth-order valence-corrected chi connectivity index (χ4v) is 4.63. The fraction of sp³-hybridized carbons (Fsp3) is 0.263. The molecule has 0 spiro atoms. The highest BCUT2D eigenvalue weighted by molar-refractivity contribution is 7.99. The third-order valence-electron chi connectivity index (χ3n) is 3.93. The molecule has 0 aliphatic heterocycles. The molecule has 3 rings (SSSR count). The molecule has 2 heterocycles. The lowest BCUT2D eigenvalue weighted by Gasteiger charge is -2.13. The van der Waals surface area contributed by atoms with E-state index in [4.69, 9.17) is 33.7 Å². The van der Waals surface area contributed by atoms with Crippen LogP contribution in [0.3, 0.4) is 0 Å². The monoisotopic (exact) mass is 419 g/mol. The fourth-order valence-electron chi connectivity index (χ4n) is 2.71. The molecule has 0 aliphatic rings. The van der Waals surface area contributed by atoms with E-state index in [-0.39, 0.29) is 12.5 Å². The molecule has 0 amide bonds. The Morgan fingerprint density at radius 3 is 2.41 bits per heavy atom. The second-order valence-electron chi connectivity index (χ2n) is 6.34. The molecule has 0 radical (unpaired) electrons. The van der Waals surface area contributed by atoms with Crippen molar-refractivity contribution in [2.24, 2.45) is 5.11 Å². The molecule has 2 aromatic heterocycles. The number of pyridine rings is 1. The summed E-state index contributed by atoms with van der Waals surface area (Å²) in [6, 6.07) is 9.44. The van der Waals surface area contributed by atoms with E-state index in [0.29, 0.717) is 16.6 Å². The Bertz CT molecular complexity index is 921. The number of aromatic nitrogens is 3. The van der Waals surface area contributed by atoms with E-state index in [0.717, 1.165) is 27.0 Å². The summed E-state index contributed by atoms with van der Waals surface area (Å²) in [5.41, 5.74) is 9.38. The van der Waals surface area contributed by atoms with Gasteiger partial charge in [0, 0.05) is 33.9 Å². The van der Waals surface area contributed by atoms with Gasteiger partial charge >= 0.3 is 0 Å². The zero-order chi connectivity index (χ0) is 19.4. The van der Waals surface area contributed by atoms with Crippen LogP contribution < -0.4 is 0 Å². The maximum absolute atomic E-state index is 7.30. The van der Waals surface area contributed by atoms with Crippen molar-refractivity contribution in [1.29, 1.82) is 5.53 Å². The molecule has 0 aliphatic carbocycles. The molecule has 0 atom stereocenters. The van der Waals surface area contributed by atoms with Gasteiger partial charge in [-0.05, 0) is 41.8 Å². The van der Waals surface area contributed by atoms with Crippen LogP contribution in [0.2, 0.25) is 10.0 Å². The maximum Gasteiger partial charge on any atom is 0.133 e. The zero-order valence-electron chi connectivity index (χ0n) is 15.0. The van der Waals surface area contributed by atoms with Crippen LogP contribution in [0.15, 0.2) is 57.8 Å². The summed E-state index contributed by atoms with van der Waals surface area (Å²) in [6.45, 7) is 5.08. The lowest BCUT2D eigenvalue weighted by atomic mass is 10.1. The first kappa shape index (κ1) is 19.9. The zero-order valence-corrected chi connectivity index (χ0v) is 17.3. The molecule has 0 unspecified atom stereocenters. The van der Waals surface area contributed by atoms with Gasteiger partial charge in [0.25, 0.3) is 0 Å². The summed E-state index contributed by atoms with van der Waals surface area (Å²) in [6.07, 6.45) is 3.54. The van der Waals surface area contributed by atoms with E-state index in [1.165, 1.54) is 0 Å². The molecular weight excluding hydrogens is 401 g/mol. The van der Waals surface area contributed by atoms with E-state index in [2.05, 4.69) is 28.5 Å². The standard InChI is InChI=1S/C19H19Cl2N5S/c1-12(2)18-19(27-16-8-14(20)7-15(21)9-16)26(17(25-18)10-24-22)11-13-3-5-23-6-4-13/h3-9,12,22H,10-11H2,1-2H3. The molecule has 3 aromatic rings. The number of nitrogens with one attached hydrogen (secondary N) is 1. The average molecular weight is 420 g/mol. The van der Waals surface area contributed by atoms with Gasteiger partial charge in [0.2, 0.25) is 0 Å². The number of halogens is 2. The number of hydrogen-bond acceptors (Lipinski definition) is 5. The Balaban J connectivity index is 2.09. The Hall–Kier alpha value is -1.89. The quantitative estimate of drug-likeness (QED) is 0.447. The first-order valence-electron chi connectivity index (χ1n) is 8.43. The first-order chi connectivity index (χ1) is 13.0. The van der Waals surface area contributed by atoms with Gasteiger partial charge in [0.15, 0.2) is 0 Å². The van der Waals surface area contributed by atoms with Crippen molar-refractivity contribution >= 4 is 35.0 Å². The van der Waals surface area contributed by atoms with Crippen LogP contribution in [-0.2, 0) is 13.1 Å². The predicted molar refractivity (Wildman–Crippen MR) is 109 cm³/mol. The topological polar surface area (TPSA) is 66.9 Å². The molecule has 0 saturated heterocycles. The van der Waals surface area contributed by atoms with Crippen LogP contribution in [0.25, 0.3) is 0 Å². The Morgan fingerprint density at radius 1 is 1.15 bits per heavy atom. The summed E-state index contributed by atoms with van der Waals surface area (Å²) in [7, 11) is 0. The molecule has 0 saturated carbocycles. The van der Waals surface area contributed by atoms with Gasteiger partial charge in [-0.3, -0.25) is 4.98 Å². The Labute approximate surface area is 172 Å². The van der Waals surface area contributed by atoms with Gasteiger partial charge in [-0.2, -0.15) is 5.11 Å². The van der Waals surface area contributed by atoms with Gasteiger partial charge in [-0.1, -0.05) is 48.8 Å². The van der Waals surface area contributed by atoms with Crippen molar-refractivity contribution in [2.45, 2.75) is 42.8 Å². The normalized spacial score (nSPS) is 11.1. The number of hydrogen-bond donors (Lipinski definition) is 1. The van der Waals surface area contributed by atoms with Crippen LogP contribution in [0.1, 0.15) is 36.8 Å². The van der Waals surface area contributed by atoms with E-state index < -0.39 is 0 Å². The van der Waals surface area contributed by atoms with Gasteiger partial charge in [-0.15, -0.1) is 0 Å². The molecule has 5 nitrogen and oxygen atoms in total. The third kappa shape index (κ3) is 4.89. The van der Waals surface area contributed by atoms with Crippen molar-refractivity contribution < 1.29 is 0 Å². The lowest BCUT2D eigenvalue weighted by Crippen LogP contribution is -2.06. The molecule has 27 heavy (non-hydrogen) atoms. The summed E-state index contributed by atoms with van der Waals surface area (Å²) in [4.78, 5) is 9.81. The SMILES string of the molecule is CC(C)c1nc(CN=N)n(Cc2ccncc2)c1Sc1cc(Cl)cc(Cl)c1. The van der Waals surface area contributed by atoms with Crippen LogP contribution in [0.5, 0.6) is 0 Å². The second kappa shape index (κ2) is 8.87. The van der Waals surface area contributed by atoms with Crippen LogP contribution in [0.4, 0.5) is 0 Å². The number of nitrogens with zero attached hydrogens (tertiary/aromatic N) is 4. The van der Waals surface area contributed by atoms with Crippen LogP contribution in [-0.4, -0.2) is 14.5 Å². The minimum absolute atomic E-state index is 0.227. The van der Waals surface area contributed by atoms with Crippen LogP contribution >= 0.6 is 35.0 Å². The average Bonchev–Trinajstić information content (AvgIpc) is 2.93. The van der Waals surface area contributed by atoms with E-state index >= 15 is 0 Å². The van der Waals surface area contributed by atoms with E-state index in [9.17, 15) is 0 Å². The first-order valence-corrected chi connectivity index (χ1v) is 10.0. The van der Waals surface area contributed by atoms with Crippen molar-refractivity contribution in [1.82, 2.24) is 14.5 Å². The second-order valence-corrected chi connectivity index (χ2v) is 8.27. The third-order valence-corrected chi connectivity index (χ3v) is 5.46. The smallest absolute Gasteiger partial charge is 0.133 e. The summed E-state index contributed by atoms with van der Waals surface area (Å²) in [5.74, 6) is 0.992. The molecule has 140 valence electrons.